The van der Waals surface area contributed by atoms with Crippen molar-refractivity contribution >= 4 is 12.0 Å². The maximum Gasteiger partial charge on any atom is 0.328 e. The van der Waals surface area contributed by atoms with Gasteiger partial charge in [-0.05, 0) is 6.08 Å². The predicted octanol–water partition coefficient (Wildman–Crippen LogP) is 0.379. The third-order valence-electron chi connectivity index (χ3n) is 1.19. The van der Waals surface area contributed by atoms with Gasteiger partial charge in [-0.2, -0.15) is 10.4 Å². The number of nitriles is 1. The summed E-state index contributed by atoms with van der Waals surface area (Å²) in [5, 5.41) is 22.7. The summed E-state index contributed by atoms with van der Waals surface area (Å²) in [6.45, 7) is 0. The van der Waals surface area contributed by atoms with E-state index in [1.165, 1.54) is 12.3 Å². The molecule has 0 unspecified atom stereocenters. The molecule has 0 amide bonds. The molecule has 5 heteroatoms. The summed E-state index contributed by atoms with van der Waals surface area (Å²) in [6, 6.07) is 1.84. The Kier molecular flexibility index (Phi) is 2.23. The highest BCUT2D eigenvalue weighted by atomic mass is 16.4. The molecule has 0 aliphatic heterocycles. The number of rotatable bonds is 2. The fraction of sp³-hybridized carbons (Fsp3) is 0. The number of carboxylic acids is 1. The van der Waals surface area contributed by atoms with E-state index in [0.29, 0.717) is 5.56 Å². The lowest BCUT2D eigenvalue weighted by atomic mass is 10.2. The number of nitrogens with one attached hydrogen (secondary N) is 1. The van der Waals surface area contributed by atoms with Crippen LogP contribution in [0.4, 0.5) is 0 Å². The highest BCUT2D eigenvalue weighted by Gasteiger charge is 1.99. The van der Waals surface area contributed by atoms with E-state index in [9.17, 15) is 4.79 Å². The van der Waals surface area contributed by atoms with E-state index < -0.39 is 5.97 Å². The van der Waals surface area contributed by atoms with Crippen LogP contribution in [0.5, 0.6) is 0 Å². The van der Waals surface area contributed by atoms with Gasteiger partial charge in [0.15, 0.2) is 0 Å². The number of carboxylic acid groups (broad SMARTS) is 1. The minimum Gasteiger partial charge on any atom is -0.478 e. The minimum atomic E-state index is -1.06. The molecule has 60 valence electrons. The van der Waals surface area contributed by atoms with E-state index in [0.717, 1.165) is 6.08 Å². The van der Waals surface area contributed by atoms with Gasteiger partial charge < -0.3 is 5.11 Å². The standard InChI is InChI=1S/C7H5N3O2/c8-3-6-5(4-9-10-6)1-2-7(11)12/h1-2,4H,(H,9,10)(H,11,12). The largest absolute Gasteiger partial charge is 0.478 e. The van der Waals surface area contributed by atoms with Crippen molar-refractivity contribution in [2.75, 3.05) is 0 Å². The summed E-state index contributed by atoms with van der Waals surface area (Å²) in [6.07, 6.45) is 3.65. The van der Waals surface area contributed by atoms with Crippen LogP contribution in [0.1, 0.15) is 11.3 Å². The fourth-order valence-electron chi connectivity index (χ4n) is 0.672. The summed E-state index contributed by atoms with van der Waals surface area (Å²) < 4.78 is 0. The van der Waals surface area contributed by atoms with Gasteiger partial charge in [0.2, 0.25) is 0 Å². The number of carbonyl (C=O) groups is 1. The fourth-order valence-corrected chi connectivity index (χ4v) is 0.672. The van der Waals surface area contributed by atoms with Crippen molar-refractivity contribution in [1.82, 2.24) is 10.2 Å². The van der Waals surface area contributed by atoms with Gasteiger partial charge in [-0.25, -0.2) is 4.79 Å². The maximum atomic E-state index is 10.1. The van der Waals surface area contributed by atoms with E-state index in [1.54, 1.807) is 0 Å². The smallest absolute Gasteiger partial charge is 0.328 e. The van der Waals surface area contributed by atoms with E-state index in [-0.39, 0.29) is 5.69 Å². The topological polar surface area (TPSA) is 89.8 Å². The third-order valence-corrected chi connectivity index (χ3v) is 1.19. The van der Waals surface area contributed by atoms with Crippen molar-refractivity contribution in [3.8, 4) is 6.07 Å². The molecule has 0 saturated heterocycles. The molecular weight excluding hydrogens is 158 g/mol. The van der Waals surface area contributed by atoms with Gasteiger partial charge in [-0.1, -0.05) is 0 Å². The molecular formula is C7H5N3O2. The van der Waals surface area contributed by atoms with Crippen molar-refractivity contribution in [3.05, 3.63) is 23.5 Å². The summed E-state index contributed by atoms with van der Waals surface area (Å²) in [4.78, 5) is 10.1. The predicted molar refractivity (Wildman–Crippen MR) is 40.0 cm³/mol. The van der Waals surface area contributed by atoms with Crippen LogP contribution in [0.3, 0.4) is 0 Å². The van der Waals surface area contributed by atoms with Crippen LogP contribution in [0.2, 0.25) is 0 Å². The number of aromatic nitrogens is 2. The van der Waals surface area contributed by atoms with Crippen LogP contribution in [0.15, 0.2) is 12.3 Å². The number of nitrogens with zero attached hydrogens (tertiary/aromatic N) is 2. The number of aromatic amines is 1. The zero-order valence-corrected chi connectivity index (χ0v) is 5.98. The van der Waals surface area contributed by atoms with Crippen LogP contribution in [-0.4, -0.2) is 21.3 Å². The summed E-state index contributed by atoms with van der Waals surface area (Å²) >= 11 is 0. The second-order valence-corrected chi connectivity index (χ2v) is 1.98. The Balaban J connectivity index is 2.90. The normalized spacial score (nSPS) is 9.92. The van der Waals surface area contributed by atoms with Gasteiger partial charge in [0.1, 0.15) is 11.8 Å². The second kappa shape index (κ2) is 3.34. The van der Waals surface area contributed by atoms with Gasteiger partial charge in [-0.15, -0.1) is 0 Å². The van der Waals surface area contributed by atoms with Gasteiger partial charge >= 0.3 is 5.97 Å². The van der Waals surface area contributed by atoms with Crippen LogP contribution in [-0.2, 0) is 4.79 Å². The van der Waals surface area contributed by atoms with Crippen molar-refractivity contribution in [2.24, 2.45) is 0 Å². The van der Waals surface area contributed by atoms with Gasteiger partial charge in [0, 0.05) is 11.6 Å². The van der Waals surface area contributed by atoms with Crippen molar-refractivity contribution < 1.29 is 9.90 Å². The van der Waals surface area contributed by atoms with Crippen LogP contribution >= 0.6 is 0 Å². The monoisotopic (exact) mass is 163 g/mol. The number of aliphatic carboxylic acids is 1. The molecule has 1 rings (SSSR count). The Morgan fingerprint density at radius 3 is 3.17 bits per heavy atom. The molecule has 0 spiro atoms. The zero-order chi connectivity index (χ0) is 8.97. The van der Waals surface area contributed by atoms with Crippen molar-refractivity contribution in [2.45, 2.75) is 0 Å². The molecule has 0 aliphatic carbocycles. The highest BCUT2D eigenvalue weighted by Crippen LogP contribution is 2.04. The van der Waals surface area contributed by atoms with Gasteiger partial charge in [0.05, 0.1) is 6.20 Å². The molecule has 0 aliphatic rings. The van der Waals surface area contributed by atoms with Crippen molar-refractivity contribution in [3.63, 3.8) is 0 Å². The molecule has 1 aromatic rings. The lowest BCUT2D eigenvalue weighted by Gasteiger charge is -1.82. The Hall–Kier alpha value is -2.09. The Bertz CT molecular complexity index is 359. The first-order valence-electron chi connectivity index (χ1n) is 3.08. The highest BCUT2D eigenvalue weighted by molar-refractivity contribution is 5.85. The molecule has 2 N–H and O–H groups in total. The first-order chi connectivity index (χ1) is 5.74. The van der Waals surface area contributed by atoms with Crippen molar-refractivity contribution in [1.29, 1.82) is 5.26 Å². The third kappa shape index (κ3) is 1.70. The van der Waals surface area contributed by atoms with Crippen LogP contribution < -0.4 is 0 Å². The van der Waals surface area contributed by atoms with E-state index >= 15 is 0 Å². The van der Waals surface area contributed by atoms with Crippen LogP contribution in [0.25, 0.3) is 6.08 Å². The number of hydrogen-bond acceptors (Lipinski definition) is 3. The molecule has 0 bridgehead atoms. The summed E-state index contributed by atoms with van der Waals surface area (Å²) in [7, 11) is 0. The zero-order valence-electron chi connectivity index (χ0n) is 5.98. The average Bonchev–Trinajstić information content (AvgIpc) is 2.47. The Labute approximate surface area is 67.9 Å². The van der Waals surface area contributed by atoms with E-state index in [1.807, 2.05) is 6.07 Å². The SMILES string of the molecule is N#Cc1[nH]ncc1C=CC(=O)O. The summed E-state index contributed by atoms with van der Waals surface area (Å²) in [5.74, 6) is -1.06. The lowest BCUT2D eigenvalue weighted by molar-refractivity contribution is -0.131. The van der Waals surface area contributed by atoms with Gasteiger partial charge in [-0.3, -0.25) is 5.10 Å². The first kappa shape index (κ1) is 8.01. The Morgan fingerprint density at radius 1 is 1.83 bits per heavy atom. The minimum absolute atomic E-state index is 0.257. The molecule has 0 fully saturated rings. The number of hydrogen-bond donors (Lipinski definition) is 2. The summed E-state index contributed by atoms with van der Waals surface area (Å²) in [5.41, 5.74) is 0.729. The molecule has 12 heavy (non-hydrogen) atoms. The maximum absolute atomic E-state index is 10.1. The quantitative estimate of drug-likeness (QED) is 0.616. The Morgan fingerprint density at radius 2 is 2.58 bits per heavy atom. The molecule has 1 aromatic heterocycles. The molecule has 5 nitrogen and oxygen atoms in total. The molecule has 0 radical (unpaired) electrons. The van der Waals surface area contributed by atoms with Crippen LogP contribution in [0, 0.1) is 11.3 Å². The molecule has 1 heterocycles. The molecule has 0 atom stereocenters. The second-order valence-electron chi connectivity index (χ2n) is 1.98. The molecule has 0 aromatic carbocycles. The van der Waals surface area contributed by atoms with E-state index in [4.69, 9.17) is 10.4 Å². The average molecular weight is 163 g/mol. The first-order valence-corrected chi connectivity index (χ1v) is 3.08. The lowest BCUT2D eigenvalue weighted by Crippen LogP contribution is -1.85. The van der Waals surface area contributed by atoms with Gasteiger partial charge in [0.25, 0.3) is 0 Å². The molecule has 0 saturated carbocycles. The number of H-pyrrole nitrogens is 1. The van der Waals surface area contributed by atoms with E-state index in [2.05, 4.69) is 10.2 Å².